The molecule has 8 rings (SSSR count). The Morgan fingerprint density at radius 1 is 0.667 bits per heavy atom. The molecule has 0 aliphatic heterocycles. The number of rotatable bonds is 4. The van der Waals surface area contributed by atoms with Gasteiger partial charge in [-0.2, -0.15) is 0 Å². The molecule has 0 fully saturated rings. The number of para-hydroxylation sites is 1. The zero-order valence-corrected chi connectivity index (χ0v) is 29.6. The maximum atomic E-state index is 7.11. The highest BCUT2D eigenvalue weighted by Gasteiger charge is 2.38. The Bertz CT molecular complexity index is 2350. The normalized spacial score (nSPS) is 15.7. The van der Waals surface area contributed by atoms with Gasteiger partial charge in [0, 0.05) is 27.4 Å². The van der Waals surface area contributed by atoms with Gasteiger partial charge in [0.25, 0.3) is 0 Å². The molecule has 0 atom stereocenters. The van der Waals surface area contributed by atoms with E-state index in [1.54, 1.807) is 0 Å². The fourth-order valence-electron chi connectivity index (χ4n) is 7.60. The van der Waals surface area contributed by atoms with E-state index < -0.39 is 0 Å². The summed E-state index contributed by atoms with van der Waals surface area (Å²) in [4.78, 5) is 2.33. The van der Waals surface area contributed by atoms with Gasteiger partial charge in [0.2, 0.25) is 0 Å². The average molecular weight is 652 g/mol. The molecule has 2 heterocycles. The van der Waals surface area contributed by atoms with Gasteiger partial charge in [0.15, 0.2) is 5.58 Å². The fourth-order valence-corrected chi connectivity index (χ4v) is 7.85. The van der Waals surface area contributed by atoms with Crippen molar-refractivity contribution in [3.8, 4) is 11.1 Å². The molecule has 242 valence electrons. The van der Waals surface area contributed by atoms with Crippen molar-refractivity contribution in [2.24, 2.45) is 0 Å². The molecule has 0 saturated carbocycles. The van der Waals surface area contributed by atoms with Gasteiger partial charge < -0.3 is 13.7 Å². The van der Waals surface area contributed by atoms with Crippen molar-refractivity contribution < 1.29 is 8.83 Å². The largest absolute Gasteiger partial charge is 0.462 e. The van der Waals surface area contributed by atoms with E-state index in [4.69, 9.17) is 20.4 Å². The summed E-state index contributed by atoms with van der Waals surface area (Å²) >= 11 is 7.11. The van der Waals surface area contributed by atoms with Crippen LogP contribution in [0.15, 0.2) is 112 Å². The van der Waals surface area contributed by atoms with Gasteiger partial charge >= 0.3 is 0 Å². The highest BCUT2D eigenvalue weighted by Crippen LogP contribution is 2.51. The Balaban J connectivity index is 1.46. The smallest absolute Gasteiger partial charge is 0.154 e. The van der Waals surface area contributed by atoms with E-state index in [9.17, 15) is 0 Å². The van der Waals surface area contributed by atoms with E-state index >= 15 is 0 Å². The maximum absolute atomic E-state index is 7.11. The third-order valence-corrected chi connectivity index (χ3v) is 10.9. The summed E-state index contributed by atoms with van der Waals surface area (Å²) in [7, 11) is 0. The first kappa shape index (κ1) is 30.8. The second-order valence-electron chi connectivity index (χ2n) is 15.9. The highest BCUT2D eigenvalue weighted by molar-refractivity contribution is 6.36. The predicted molar refractivity (Wildman–Crippen MR) is 203 cm³/mol. The van der Waals surface area contributed by atoms with E-state index in [2.05, 4.69) is 126 Å². The molecule has 1 aliphatic carbocycles. The molecule has 0 amide bonds. The molecule has 0 N–H and O–H groups in total. The standard InChI is InChI=1S/C44H42ClNO2/c1-42(2,3)28-17-18-37(31(21-28)27-13-9-8-10-14-27)46(29-22-32-30-15-11-12-16-39(30)48-41(32)36(45)23-29)38-26-47-40-25-35-34(24-33(38)40)43(4,5)19-20-44(35,6)7/h8-18,21-26H,19-20H2,1-7H3. The molecule has 0 radical (unpaired) electrons. The Morgan fingerprint density at radius 2 is 1.35 bits per heavy atom. The van der Waals surface area contributed by atoms with Crippen LogP contribution in [-0.4, -0.2) is 0 Å². The summed E-state index contributed by atoms with van der Waals surface area (Å²) in [5.41, 5.74) is 11.9. The van der Waals surface area contributed by atoms with Crippen LogP contribution in [0.25, 0.3) is 44.0 Å². The summed E-state index contributed by atoms with van der Waals surface area (Å²) in [5.74, 6) is 0. The molecular formula is C44H42ClNO2. The topological polar surface area (TPSA) is 29.5 Å². The lowest BCUT2D eigenvalue weighted by Gasteiger charge is -2.41. The first-order valence-corrected chi connectivity index (χ1v) is 17.4. The molecule has 1 aliphatic rings. The van der Waals surface area contributed by atoms with Crippen molar-refractivity contribution in [1.29, 1.82) is 0 Å². The lowest BCUT2D eigenvalue weighted by atomic mass is 9.63. The lowest BCUT2D eigenvalue weighted by Crippen LogP contribution is -2.33. The predicted octanol–water partition coefficient (Wildman–Crippen LogP) is 13.8. The van der Waals surface area contributed by atoms with Gasteiger partial charge in [-0.05, 0) is 93.8 Å². The van der Waals surface area contributed by atoms with Crippen LogP contribution in [0.3, 0.4) is 0 Å². The van der Waals surface area contributed by atoms with Crippen LogP contribution < -0.4 is 4.90 Å². The number of fused-ring (bicyclic) bond motifs is 5. The molecule has 3 nitrogen and oxygen atoms in total. The van der Waals surface area contributed by atoms with E-state index in [-0.39, 0.29) is 16.2 Å². The van der Waals surface area contributed by atoms with Crippen molar-refractivity contribution in [3.63, 3.8) is 0 Å². The quantitative estimate of drug-likeness (QED) is 0.190. The first-order valence-electron chi connectivity index (χ1n) is 17.0. The van der Waals surface area contributed by atoms with Gasteiger partial charge in [-0.15, -0.1) is 0 Å². The number of hydrogen-bond donors (Lipinski definition) is 0. The van der Waals surface area contributed by atoms with Gasteiger partial charge in [0.05, 0.1) is 16.4 Å². The van der Waals surface area contributed by atoms with Crippen molar-refractivity contribution >= 4 is 61.6 Å². The minimum absolute atomic E-state index is 0.0232. The number of nitrogens with zero attached hydrogens (tertiary/aromatic N) is 1. The summed E-state index contributed by atoms with van der Waals surface area (Å²) in [5, 5.41) is 3.69. The van der Waals surface area contributed by atoms with Gasteiger partial charge in [0.1, 0.15) is 17.4 Å². The Labute approximate surface area is 288 Å². The van der Waals surface area contributed by atoms with E-state index in [1.165, 1.54) is 16.7 Å². The summed E-state index contributed by atoms with van der Waals surface area (Å²) in [6.07, 6.45) is 4.21. The van der Waals surface area contributed by atoms with Gasteiger partial charge in [-0.3, -0.25) is 0 Å². The van der Waals surface area contributed by atoms with Crippen LogP contribution in [0.1, 0.15) is 78.0 Å². The van der Waals surface area contributed by atoms with Crippen molar-refractivity contribution in [2.75, 3.05) is 4.90 Å². The molecule has 4 heteroatoms. The van der Waals surface area contributed by atoms with Gasteiger partial charge in [-0.1, -0.05) is 115 Å². The Kier molecular flexibility index (Phi) is 6.92. The molecule has 0 spiro atoms. The summed E-state index contributed by atoms with van der Waals surface area (Å²) in [6, 6.07) is 34.6. The third kappa shape index (κ3) is 4.94. The van der Waals surface area contributed by atoms with Crippen LogP contribution in [0, 0.1) is 0 Å². The van der Waals surface area contributed by atoms with Crippen LogP contribution >= 0.6 is 11.6 Å². The molecule has 5 aromatic carbocycles. The number of anilines is 3. The van der Waals surface area contributed by atoms with Crippen LogP contribution in [0.2, 0.25) is 5.02 Å². The van der Waals surface area contributed by atoms with Crippen LogP contribution in [-0.2, 0) is 16.2 Å². The SMILES string of the molecule is CC(C)(C)c1ccc(N(c2cc(Cl)c3oc4ccccc4c3c2)c2coc3cc4c(cc23)C(C)(C)CCC4(C)C)c(-c2ccccc2)c1. The zero-order chi connectivity index (χ0) is 33.6. The fraction of sp³-hybridized carbons (Fsp3) is 0.273. The summed E-state index contributed by atoms with van der Waals surface area (Å²) in [6.45, 7) is 16.3. The molecular weight excluding hydrogens is 610 g/mol. The maximum Gasteiger partial charge on any atom is 0.154 e. The number of hydrogen-bond acceptors (Lipinski definition) is 3. The molecule has 2 aromatic heterocycles. The molecule has 0 bridgehead atoms. The minimum Gasteiger partial charge on any atom is -0.462 e. The second-order valence-corrected chi connectivity index (χ2v) is 16.3. The first-order chi connectivity index (χ1) is 22.8. The zero-order valence-electron chi connectivity index (χ0n) is 28.9. The van der Waals surface area contributed by atoms with Crippen LogP contribution in [0.4, 0.5) is 17.1 Å². The number of benzene rings is 5. The molecule has 48 heavy (non-hydrogen) atoms. The van der Waals surface area contributed by atoms with Crippen molar-refractivity contribution in [2.45, 2.75) is 77.6 Å². The van der Waals surface area contributed by atoms with Crippen LogP contribution in [0.5, 0.6) is 0 Å². The number of halogens is 1. The number of furan rings is 2. The monoisotopic (exact) mass is 651 g/mol. The molecule has 0 unspecified atom stereocenters. The highest BCUT2D eigenvalue weighted by atomic mass is 35.5. The van der Waals surface area contributed by atoms with E-state index in [0.717, 1.165) is 68.4 Å². The third-order valence-electron chi connectivity index (χ3n) is 10.6. The van der Waals surface area contributed by atoms with Crippen molar-refractivity contribution in [1.82, 2.24) is 0 Å². The lowest BCUT2D eigenvalue weighted by molar-refractivity contribution is 0.332. The van der Waals surface area contributed by atoms with Gasteiger partial charge in [-0.25, -0.2) is 0 Å². The molecule has 0 saturated heterocycles. The van der Waals surface area contributed by atoms with E-state index in [1.807, 2.05) is 30.5 Å². The average Bonchev–Trinajstić information content (AvgIpc) is 3.65. The Hall–Kier alpha value is -4.47. The van der Waals surface area contributed by atoms with E-state index in [0.29, 0.717) is 10.6 Å². The summed E-state index contributed by atoms with van der Waals surface area (Å²) < 4.78 is 12.8. The second kappa shape index (κ2) is 10.8. The molecule has 7 aromatic rings. The minimum atomic E-state index is -0.0232. The Morgan fingerprint density at radius 3 is 2.08 bits per heavy atom. The van der Waals surface area contributed by atoms with Crippen molar-refractivity contribution in [3.05, 3.63) is 125 Å².